The van der Waals surface area contributed by atoms with E-state index in [2.05, 4.69) is 10.3 Å². The fraction of sp³-hybridized carbons (Fsp3) is 0. The first kappa shape index (κ1) is 17.9. The van der Waals surface area contributed by atoms with Crippen LogP contribution in [0.4, 0.5) is 5.69 Å². The van der Waals surface area contributed by atoms with Crippen LogP contribution in [0.3, 0.4) is 0 Å². The van der Waals surface area contributed by atoms with Gasteiger partial charge in [-0.2, -0.15) is 0 Å². The predicted octanol–water partition coefficient (Wildman–Crippen LogP) is 4.66. The van der Waals surface area contributed by atoms with E-state index in [1.807, 2.05) is 54.6 Å². The third-order valence-corrected chi connectivity index (χ3v) is 5.06. The molecule has 1 aliphatic rings. The molecular weight excluding hydrogens is 372 g/mol. The number of thioether (sulfide) groups is 1. The van der Waals surface area contributed by atoms with E-state index in [-0.39, 0.29) is 17.4 Å². The van der Waals surface area contributed by atoms with Crippen LogP contribution in [0.5, 0.6) is 11.5 Å². The van der Waals surface area contributed by atoms with Gasteiger partial charge in [0.15, 0.2) is 16.7 Å². The molecule has 0 radical (unpaired) electrons. The Labute approximate surface area is 166 Å². The highest BCUT2D eigenvalue weighted by atomic mass is 32.2. The van der Waals surface area contributed by atoms with E-state index in [1.54, 1.807) is 12.1 Å². The molecule has 0 aromatic heterocycles. The molecule has 0 unspecified atom stereocenters. The molecule has 1 saturated heterocycles. The Morgan fingerprint density at radius 1 is 0.857 bits per heavy atom. The third-order valence-electron chi connectivity index (χ3n) is 4.15. The zero-order valence-electron chi connectivity index (χ0n) is 14.7. The maximum absolute atomic E-state index is 12.2. The number of phenols is 2. The molecule has 3 N–H and O–H groups in total. The molecular formula is C22H16N2O3S. The van der Waals surface area contributed by atoms with E-state index in [1.165, 1.54) is 23.9 Å². The molecule has 4 rings (SSSR count). The molecule has 0 atom stereocenters. The highest BCUT2D eigenvalue weighted by Crippen LogP contribution is 2.31. The van der Waals surface area contributed by atoms with Crippen molar-refractivity contribution in [1.82, 2.24) is 5.32 Å². The lowest BCUT2D eigenvalue weighted by Gasteiger charge is -2.02. The van der Waals surface area contributed by atoms with Gasteiger partial charge < -0.3 is 15.5 Å². The highest BCUT2D eigenvalue weighted by Gasteiger charge is 2.23. The van der Waals surface area contributed by atoms with Crippen LogP contribution in [0.15, 0.2) is 82.7 Å². The minimum Gasteiger partial charge on any atom is -0.504 e. The van der Waals surface area contributed by atoms with Gasteiger partial charge in [0.05, 0.1) is 10.6 Å². The number of hydrogen-bond acceptors (Lipinski definition) is 5. The molecule has 3 aromatic rings. The van der Waals surface area contributed by atoms with Gasteiger partial charge in [0.25, 0.3) is 5.91 Å². The fourth-order valence-electron chi connectivity index (χ4n) is 2.74. The SMILES string of the molecule is O=C1NC(=Nc2ccc(-c3ccccc3)cc2)S/C1=C\c1ccc(O)c(O)c1. The highest BCUT2D eigenvalue weighted by molar-refractivity contribution is 8.18. The van der Waals surface area contributed by atoms with Crippen LogP contribution < -0.4 is 5.32 Å². The largest absolute Gasteiger partial charge is 0.504 e. The second-order valence-electron chi connectivity index (χ2n) is 6.14. The number of nitrogens with one attached hydrogen (secondary N) is 1. The molecule has 1 amide bonds. The van der Waals surface area contributed by atoms with Crippen LogP contribution in [0.2, 0.25) is 0 Å². The average Bonchev–Trinajstić information content (AvgIpc) is 3.05. The molecule has 1 fully saturated rings. The number of phenolic OH excluding ortho intramolecular Hbond substituents is 2. The van der Waals surface area contributed by atoms with E-state index >= 15 is 0 Å². The van der Waals surface area contributed by atoms with Crippen molar-refractivity contribution in [3.05, 3.63) is 83.3 Å². The van der Waals surface area contributed by atoms with E-state index < -0.39 is 0 Å². The Morgan fingerprint density at radius 3 is 2.29 bits per heavy atom. The van der Waals surface area contributed by atoms with Crippen molar-refractivity contribution in [3.8, 4) is 22.6 Å². The number of carbonyl (C=O) groups is 1. The zero-order valence-corrected chi connectivity index (χ0v) is 15.5. The lowest BCUT2D eigenvalue weighted by Crippen LogP contribution is -2.19. The Balaban J connectivity index is 1.52. The molecule has 3 aromatic carbocycles. The van der Waals surface area contributed by atoms with Gasteiger partial charge in [-0.1, -0.05) is 48.5 Å². The Bertz CT molecular complexity index is 1090. The zero-order chi connectivity index (χ0) is 19.5. The van der Waals surface area contributed by atoms with E-state index in [9.17, 15) is 15.0 Å². The second-order valence-corrected chi connectivity index (χ2v) is 7.17. The average molecular weight is 388 g/mol. The Morgan fingerprint density at radius 2 is 1.57 bits per heavy atom. The monoisotopic (exact) mass is 388 g/mol. The summed E-state index contributed by atoms with van der Waals surface area (Å²) < 4.78 is 0. The smallest absolute Gasteiger partial charge is 0.264 e. The lowest BCUT2D eigenvalue weighted by molar-refractivity contribution is -0.115. The number of rotatable bonds is 3. The van der Waals surface area contributed by atoms with Crippen LogP contribution >= 0.6 is 11.8 Å². The normalized spacial score (nSPS) is 16.5. The van der Waals surface area contributed by atoms with Crippen LogP contribution in [0, 0.1) is 0 Å². The first-order valence-corrected chi connectivity index (χ1v) is 9.37. The number of carbonyl (C=O) groups excluding carboxylic acids is 1. The second kappa shape index (κ2) is 7.62. The van der Waals surface area contributed by atoms with E-state index in [0.29, 0.717) is 15.6 Å². The Kier molecular flexibility index (Phi) is 4.87. The van der Waals surface area contributed by atoms with Crippen LogP contribution in [0.25, 0.3) is 17.2 Å². The van der Waals surface area contributed by atoms with Crippen molar-refractivity contribution < 1.29 is 15.0 Å². The third kappa shape index (κ3) is 3.92. The van der Waals surface area contributed by atoms with Crippen molar-refractivity contribution in [2.45, 2.75) is 0 Å². The van der Waals surface area contributed by atoms with Gasteiger partial charge in [0, 0.05) is 0 Å². The number of amidine groups is 1. The maximum atomic E-state index is 12.2. The van der Waals surface area contributed by atoms with Crippen molar-refractivity contribution in [2.75, 3.05) is 0 Å². The summed E-state index contributed by atoms with van der Waals surface area (Å²) in [7, 11) is 0. The summed E-state index contributed by atoms with van der Waals surface area (Å²) >= 11 is 1.23. The summed E-state index contributed by atoms with van der Waals surface area (Å²) in [6.07, 6.45) is 1.64. The van der Waals surface area contributed by atoms with Crippen LogP contribution in [0.1, 0.15) is 5.56 Å². The molecule has 0 spiro atoms. The molecule has 1 heterocycles. The first-order chi connectivity index (χ1) is 13.6. The number of hydrogen-bond donors (Lipinski definition) is 3. The van der Waals surface area contributed by atoms with Crippen molar-refractivity contribution in [1.29, 1.82) is 0 Å². The summed E-state index contributed by atoms with van der Waals surface area (Å²) in [4.78, 5) is 17.1. The number of aliphatic imine (C=N–C) groups is 1. The summed E-state index contributed by atoms with van der Waals surface area (Å²) in [5, 5.41) is 22.2. The number of amides is 1. The Hall–Kier alpha value is -3.51. The van der Waals surface area contributed by atoms with Crippen molar-refractivity contribution in [2.24, 2.45) is 4.99 Å². The van der Waals surface area contributed by atoms with Gasteiger partial charge in [-0.15, -0.1) is 0 Å². The predicted molar refractivity (Wildman–Crippen MR) is 112 cm³/mol. The van der Waals surface area contributed by atoms with Crippen molar-refractivity contribution >= 4 is 34.6 Å². The van der Waals surface area contributed by atoms with Gasteiger partial charge in [0.2, 0.25) is 0 Å². The van der Waals surface area contributed by atoms with Crippen LogP contribution in [-0.2, 0) is 4.79 Å². The quantitative estimate of drug-likeness (QED) is 0.450. The number of benzene rings is 3. The van der Waals surface area contributed by atoms with Gasteiger partial charge in [-0.3, -0.25) is 4.79 Å². The topological polar surface area (TPSA) is 81.9 Å². The van der Waals surface area contributed by atoms with Crippen LogP contribution in [-0.4, -0.2) is 21.3 Å². The molecule has 0 aliphatic carbocycles. The standard InChI is InChI=1S/C22H16N2O3S/c25-18-11-6-14(12-19(18)26)13-20-21(27)24-22(28-20)23-17-9-7-16(8-10-17)15-4-2-1-3-5-15/h1-13,25-26H,(H,23,24,27)/b20-13-. The minimum atomic E-state index is -0.253. The summed E-state index contributed by atoms with van der Waals surface area (Å²) in [5.41, 5.74) is 3.58. The fourth-order valence-corrected chi connectivity index (χ4v) is 3.58. The molecule has 28 heavy (non-hydrogen) atoms. The molecule has 0 saturated carbocycles. The van der Waals surface area contributed by atoms with Crippen molar-refractivity contribution in [3.63, 3.8) is 0 Å². The van der Waals surface area contributed by atoms with Gasteiger partial charge in [-0.25, -0.2) is 4.99 Å². The molecule has 0 bridgehead atoms. The molecule has 6 heteroatoms. The van der Waals surface area contributed by atoms with E-state index in [0.717, 1.165) is 16.8 Å². The first-order valence-electron chi connectivity index (χ1n) is 8.55. The minimum absolute atomic E-state index is 0.202. The molecule has 1 aliphatic heterocycles. The summed E-state index contributed by atoms with van der Waals surface area (Å²) in [5.74, 6) is -0.686. The van der Waals surface area contributed by atoms with Gasteiger partial charge in [0.1, 0.15) is 0 Å². The number of nitrogens with zero attached hydrogens (tertiary/aromatic N) is 1. The molecule has 5 nitrogen and oxygen atoms in total. The molecule has 138 valence electrons. The van der Waals surface area contributed by atoms with Gasteiger partial charge >= 0.3 is 0 Å². The van der Waals surface area contributed by atoms with Gasteiger partial charge in [-0.05, 0) is 58.8 Å². The number of aromatic hydroxyl groups is 2. The van der Waals surface area contributed by atoms with E-state index in [4.69, 9.17) is 0 Å². The summed E-state index contributed by atoms with van der Waals surface area (Å²) in [6, 6.07) is 22.3. The maximum Gasteiger partial charge on any atom is 0.264 e. The lowest BCUT2D eigenvalue weighted by atomic mass is 10.1. The summed E-state index contributed by atoms with van der Waals surface area (Å²) in [6.45, 7) is 0.